The van der Waals surface area contributed by atoms with Crippen LogP contribution < -0.4 is 11.1 Å². The molecule has 1 heterocycles. The standard InChI is InChI=1S/C11H8ClFN4O/c12-6-1-2-8(7(13)3-6)17-11(18)9-4-15-5-10(14)16-9/h1-5H,(H2,14,16)(H,17,18). The molecule has 7 heteroatoms. The van der Waals surface area contributed by atoms with E-state index in [2.05, 4.69) is 15.3 Å². The van der Waals surface area contributed by atoms with E-state index in [9.17, 15) is 9.18 Å². The van der Waals surface area contributed by atoms with Gasteiger partial charge in [-0.3, -0.25) is 9.78 Å². The molecule has 0 saturated carbocycles. The molecule has 0 spiro atoms. The summed E-state index contributed by atoms with van der Waals surface area (Å²) < 4.78 is 13.4. The zero-order valence-electron chi connectivity index (χ0n) is 9.02. The molecule has 0 bridgehead atoms. The van der Waals surface area contributed by atoms with Crippen molar-refractivity contribution in [2.24, 2.45) is 0 Å². The summed E-state index contributed by atoms with van der Waals surface area (Å²) in [5.41, 5.74) is 5.41. The fourth-order valence-electron chi connectivity index (χ4n) is 1.27. The number of nitrogens with one attached hydrogen (secondary N) is 1. The van der Waals surface area contributed by atoms with Gasteiger partial charge in [0.1, 0.15) is 17.3 Å². The Kier molecular flexibility index (Phi) is 3.38. The second kappa shape index (κ2) is 4.97. The maximum Gasteiger partial charge on any atom is 0.276 e. The van der Waals surface area contributed by atoms with Crippen LogP contribution in [-0.4, -0.2) is 15.9 Å². The van der Waals surface area contributed by atoms with Crippen molar-refractivity contribution >= 4 is 29.0 Å². The summed E-state index contributed by atoms with van der Waals surface area (Å²) in [5, 5.41) is 2.59. The number of hydrogen-bond acceptors (Lipinski definition) is 4. The molecule has 0 aliphatic heterocycles. The molecule has 0 aliphatic rings. The number of carbonyl (C=O) groups is 1. The first-order valence-corrected chi connectivity index (χ1v) is 5.28. The Hall–Kier alpha value is -2.21. The SMILES string of the molecule is Nc1cncc(C(=O)Nc2ccc(Cl)cc2F)n1. The third kappa shape index (κ3) is 2.72. The molecule has 5 nitrogen and oxygen atoms in total. The minimum Gasteiger partial charge on any atom is -0.382 e. The van der Waals surface area contributed by atoms with Gasteiger partial charge in [-0.2, -0.15) is 0 Å². The fraction of sp³-hybridized carbons (Fsp3) is 0. The summed E-state index contributed by atoms with van der Waals surface area (Å²) >= 11 is 5.60. The molecule has 3 N–H and O–H groups in total. The fourth-order valence-corrected chi connectivity index (χ4v) is 1.43. The van der Waals surface area contributed by atoms with Crippen LogP contribution in [0.15, 0.2) is 30.6 Å². The van der Waals surface area contributed by atoms with Crippen molar-refractivity contribution < 1.29 is 9.18 Å². The Morgan fingerprint density at radius 1 is 1.39 bits per heavy atom. The van der Waals surface area contributed by atoms with Gasteiger partial charge >= 0.3 is 0 Å². The van der Waals surface area contributed by atoms with E-state index in [1.165, 1.54) is 24.5 Å². The van der Waals surface area contributed by atoms with Crippen molar-refractivity contribution in [3.05, 3.63) is 47.1 Å². The smallest absolute Gasteiger partial charge is 0.276 e. The summed E-state index contributed by atoms with van der Waals surface area (Å²) in [6.07, 6.45) is 2.54. The number of anilines is 2. The number of nitrogen functional groups attached to an aromatic ring is 1. The number of benzene rings is 1. The first-order valence-electron chi connectivity index (χ1n) is 4.90. The highest BCUT2D eigenvalue weighted by Crippen LogP contribution is 2.19. The van der Waals surface area contributed by atoms with Crippen molar-refractivity contribution in [1.82, 2.24) is 9.97 Å². The van der Waals surface area contributed by atoms with Gasteiger partial charge in [0.2, 0.25) is 0 Å². The van der Waals surface area contributed by atoms with Gasteiger partial charge in [-0.1, -0.05) is 11.6 Å². The number of nitrogens with zero attached hydrogens (tertiary/aromatic N) is 2. The molecule has 18 heavy (non-hydrogen) atoms. The zero-order valence-corrected chi connectivity index (χ0v) is 9.78. The van der Waals surface area contributed by atoms with E-state index >= 15 is 0 Å². The van der Waals surface area contributed by atoms with Crippen LogP contribution in [0.1, 0.15) is 10.5 Å². The van der Waals surface area contributed by atoms with Crippen LogP contribution >= 0.6 is 11.6 Å². The van der Waals surface area contributed by atoms with Crippen molar-refractivity contribution in [2.75, 3.05) is 11.1 Å². The third-order valence-corrected chi connectivity index (χ3v) is 2.30. The Morgan fingerprint density at radius 3 is 2.83 bits per heavy atom. The predicted octanol–water partition coefficient (Wildman–Crippen LogP) is 2.10. The zero-order chi connectivity index (χ0) is 13.1. The second-order valence-corrected chi connectivity index (χ2v) is 3.84. The Morgan fingerprint density at radius 2 is 2.17 bits per heavy atom. The van der Waals surface area contributed by atoms with Gasteiger partial charge in [-0.15, -0.1) is 0 Å². The summed E-state index contributed by atoms with van der Waals surface area (Å²) in [7, 11) is 0. The van der Waals surface area contributed by atoms with E-state index in [-0.39, 0.29) is 22.2 Å². The van der Waals surface area contributed by atoms with Crippen molar-refractivity contribution in [3.63, 3.8) is 0 Å². The summed E-state index contributed by atoms with van der Waals surface area (Å²) in [6.45, 7) is 0. The molecule has 2 rings (SSSR count). The first-order chi connectivity index (χ1) is 8.56. The minimum atomic E-state index is -0.632. The maximum absolute atomic E-state index is 13.4. The number of nitrogens with two attached hydrogens (primary N) is 1. The van der Waals surface area contributed by atoms with E-state index in [1.807, 2.05) is 0 Å². The van der Waals surface area contributed by atoms with Crippen LogP contribution in [0.4, 0.5) is 15.9 Å². The van der Waals surface area contributed by atoms with Crippen LogP contribution in [0.3, 0.4) is 0 Å². The number of aromatic nitrogens is 2. The quantitative estimate of drug-likeness (QED) is 0.872. The topological polar surface area (TPSA) is 80.9 Å². The summed E-state index contributed by atoms with van der Waals surface area (Å²) in [5.74, 6) is -1.12. The highest BCUT2D eigenvalue weighted by molar-refractivity contribution is 6.30. The average molecular weight is 267 g/mol. The van der Waals surface area contributed by atoms with E-state index in [1.54, 1.807) is 0 Å². The van der Waals surface area contributed by atoms with Gasteiger partial charge < -0.3 is 11.1 Å². The highest BCUT2D eigenvalue weighted by Gasteiger charge is 2.11. The van der Waals surface area contributed by atoms with Crippen molar-refractivity contribution in [3.8, 4) is 0 Å². The highest BCUT2D eigenvalue weighted by atomic mass is 35.5. The number of halogens is 2. The number of carbonyl (C=O) groups excluding carboxylic acids is 1. The lowest BCUT2D eigenvalue weighted by Crippen LogP contribution is -2.15. The molecule has 0 fully saturated rings. The number of rotatable bonds is 2. The van der Waals surface area contributed by atoms with Crippen LogP contribution in [-0.2, 0) is 0 Å². The molecule has 1 amide bonds. The largest absolute Gasteiger partial charge is 0.382 e. The molecule has 0 atom stereocenters. The van der Waals surface area contributed by atoms with E-state index in [0.717, 1.165) is 6.07 Å². The van der Waals surface area contributed by atoms with Gasteiger partial charge in [0.15, 0.2) is 0 Å². The van der Waals surface area contributed by atoms with Crippen molar-refractivity contribution in [2.45, 2.75) is 0 Å². The van der Waals surface area contributed by atoms with Crippen LogP contribution in [0.2, 0.25) is 5.02 Å². The van der Waals surface area contributed by atoms with Crippen LogP contribution in [0, 0.1) is 5.82 Å². The predicted molar refractivity (Wildman–Crippen MR) is 65.8 cm³/mol. The summed E-state index contributed by atoms with van der Waals surface area (Å²) in [6, 6.07) is 3.92. The lowest BCUT2D eigenvalue weighted by atomic mass is 10.3. The Balaban J connectivity index is 2.21. The van der Waals surface area contributed by atoms with E-state index in [4.69, 9.17) is 17.3 Å². The molecule has 1 aromatic carbocycles. The van der Waals surface area contributed by atoms with Gasteiger partial charge in [-0.25, -0.2) is 9.37 Å². The minimum absolute atomic E-state index is 0.00403. The molecular weight excluding hydrogens is 259 g/mol. The Bertz CT molecular complexity index is 605. The normalized spacial score (nSPS) is 10.1. The molecule has 92 valence electrons. The average Bonchev–Trinajstić information content (AvgIpc) is 2.32. The van der Waals surface area contributed by atoms with E-state index < -0.39 is 11.7 Å². The first kappa shape index (κ1) is 12.3. The van der Waals surface area contributed by atoms with Crippen LogP contribution in [0.5, 0.6) is 0 Å². The molecule has 0 unspecified atom stereocenters. The lowest BCUT2D eigenvalue weighted by Gasteiger charge is -2.06. The maximum atomic E-state index is 13.4. The number of amides is 1. The number of hydrogen-bond donors (Lipinski definition) is 2. The lowest BCUT2D eigenvalue weighted by molar-refractivity contribution is 0.102. The van der Waals surface area contributed by atoms with Gasteiger partial charge in [0.05, 0.1) is 18.1 Å². The monoisotopic (exact) mass is 266 g/mol. The molecule has 2 aromatic rings. The molecular formula is C11H8ClFN4O. The van der Waals surface area contributed by atoms with Gasteiger partial charge in [0, 0.05) is 5.02 Å². The molecule has 1 aromatic heterocycles. The van der Waals surface area contributed by atoms with Gasteiger partial charge in [0.25, 0.3) is 5.91 Å². The van der Waals surface area contributed by atoms with E-state index in [0.29, 0.717) is 0 Å². The molecule has 0 saturated heterocycles. The van der Waals surface area contributed by atoms with Crippen LogP contribution in [0.25, 0.3) is 0 Å². The molecule has 0 radical (unpaired) electrons. The molecule has 0 aliphatic carbocycles. The second-order valence-electron chi connectivity index (χ2n) is 3.41. The third-order valence-electron chi connectivity index (χ3n) is 2.07. The Labute approximate surface area is 107 Å². The van der Waals surface area contributed by atoms with Gasteiger partial charge in [-0.05, 0) is 18.2 Å². The summed E-state index contributed by atoms with van der Waals surface area (Å²) in [4.78, 5) is 19.2. The van der Waals surface area contributed by atoms with Crippen molar-refractivity contribution in [1.29, 1.82) is 0 Å².